The summed E-state index contributed by atoms with van der Waals surface area (Å²) in [4.78, 5) is 4.00. The average Bonchev–Trinajstić information content (AvgIpc) is 2.16. The lowest BCUT2D eigenvalue weighted by molar-refractivity contribution is 0.636. The molecule has 4 heteroatoms. The van der Waals surface area contributed by atoms with Crippen LogP contribution in [0.25, 0.3) is 10.9 Å². The fourth-order valence-corrected chi connectivity index (χ4v) is 1.96. The van der Waals surface area contributed by atoms with Crippen molar-refractivity contribution in [3.8, 4) is 0 Å². The molecule has 0 saturated carbocycles. The van der Waals surface area contributed by atoms with E-state index in [4.69, 9.17) is 11.6 Å². The van der Waals surface area contributed by atoms with Crippen molar-refractivity contribution in [2.75, 3.05) is 0 Å². The highest BCUT2D eigenvalue weighted by atomic mass is 79.9. The lowest BCUT2D eigenvalue weighted by atomic mass is 10.1. The van der Waals surface area contributed by atoms with Gasteiger partial charge in [0.1, 0.15) is 11.3 Å². The minimum atomic E-state index is -0.347. The molecule has 0 saturated heterocycles. The molecule has 0 atom stereocenters. The molecule has 0 aliphatic heterocycles. The first-order chi connectivity index (χ1) is 6.61. The second-order valence-electron chi connectivity index (χ2n) is 3.01. The van der Waals surface area contributed by atoms with E-state index in [0.717, 1.165) is 5.56 Å². The van der Waals surface area contributed by atoms with Gasteiger partial charge in [-0.1, -0.05) is 17.7 Å². The Kier molecular flexibility index (Phi) is 2.45. The van der Waals surface area contributed by atoms with Gasteiger partial charge in [0.15, 0.2) is 0 Å². The van der Waals surface area contributed by atoms with Gasteiger partial charge >= 0.3 is 0 Å². The first-order valence-electron chi connectivity index (χ1n) is 4.00. The number of aryl methyl sites for hydroxylation is 1. The van der Waals surface area contributed by atoms with Crippen LogP contribution in [0.5, 0.6) is 0 Å². The predicted octanol–water partition coefficient (Wildman–Crippen LogP) is 4.10. The Balaban J connectivity index is 3.01. The van der Waals surface area contributed by atoms with Gasteiger partial charge in [-0.3, -0.25) is 4.98 Å². The van der Waals surface area contributed by atoms with E-state index in [1.54, 1.807) is 6.07 Å². The van der Waals surface area contributed by atoms with Crippen molar-refractivity contribution in [1.82, 2.24) is 4.98 Å². The normalized spacial score (nSPS) is 10.9. The molecule has 0 aliphatic carbocycles. The Labute approximate surface area is 94.0 Å². The Hall–Kier alpha value is -0.670. The second kappa shape index (κ2) is 3.48. The minimum absolute atomic E-state index is 0.318. The van der Waals surface area contributed by atoms with Gasteiger partial charge in [-0.05, 0) is 34.5 Å². The second-order valence-corrected chi connectivity index (χ2v) is 4.24. The molecule has 72 valence electrons. The molecule has 1 aromatic carbocycles. The highest BCUT2D eigenvalue weighted by Crippen LogP contribution is 2.32. The Morgan fingerprint density at radius 1 is 1.43 bits per heavy atom. The number of hydrogen-bond acceptors (Lipinski definition) is 1. The first-order valence-corrected chi connectivity index (χ1v) is 5.17. The van der Waals surface area contributed by atoms with Crippen LogP contribution < -0.4 is 0 Å². The highest BCUT2D eigenvalue weighted by Gasteiger charge is 2.10. The van der Waals surface area contributed by atoms with Gasteiger partial charge in [-0.25, -0.2) is 4.39 Å². The van der Waals surface area contributed by atoms with Crippen LogP contribution in [0.3, 0.4) is 0 Å². The lowest BCUT2D eigenvalue weighted by Crippen LogP contribution is -1.88. The summed E-state index contributed by atoms with van der Waals surface area (Å²) in [5.41, 5.74) is 1.23. The Morgan fingerprint density at radius 3 is 2.86 bits per heavy atom. The molecule has 0 unspecified atom stereocenters. The maximum atomic E-state index is 13.3. The van der Waals surface area contributed by atoms with Crippen LogP contribution in [0.15, 0.2) is 22.8 Å². The van der Waals surface area contributed by atoms with Crippen LogP contribution in [0.2, 0.25) is 5.02 Å². The summed E-state index contributed by atoms with van der Waals surface area (Å²) in [5.74, 6) is -0.347. The number of hydrogen-bond donors (Lipinski definition) is 0. The van der Waals surface area contributed by atoms with Crippen molar-refractivity contribution in [3.05, 3.63) is 39.2 Å². The smallest absolute Gasteiger partial charge is 0.149 e. The molecular formula is C10H6BrClFN. The zero-order valence-electron chi connectivity index (χ0n) is 7.31. The van der Waals surface area contributed by atoms with Gasteiger partial charge in [-0.15, -0.1) is 0 Å². The summed E-state index contributed by atoms with van der Waals surface area (Å²) in [5, 5.41) is 1.17. The van der Waals surface area contributed by atoms with E-state index >= 15 is 0 Å². The van der Waals surface area contributed by atoms with E-state index in [2.05, 4.69) is 20.9 Å². The molecule has 0 fully saturated rings. The molecule has 2 rings (SSSR count). The van der Waals surface area contributed by atoms with E-state index in [1.165, 1.54) is 12.3 Å². The number of rotatable bonds is 0. The Bertz CT molecular complexity index is 513. The summed E-state index contributed by atoms with van der Waals surface area (Å²) in [7, 11) is 0. The largest absolute Gasteiger partial charge is 0.252 e. The number of nitrogens with zero attached hydrogens (tertiary/aromatic N) is 1. The molecule has 1 aromatic heterocycles. The van der Waals surface area contributed by atoms with E-state index in [9.17, 15) is 4.39 Å². The third-order valence-corrected chi connectivity index (χ3v) is 3.30. The first kappa shape index (κ1) is 9.87. The van der Waals surface area contributed by atoms with Gasteiger partial charge in [-0.2, -0.15) is 0 Å². The maximum Gasteiger partial charge on any atom is 0.149 e. The molecule has 14 heavy (non-hydrogen) atoms. The van der Waals surface area contributed by atoms with Gasteiger partial charge in [0.05, 0.1) is 9.50 Å². The van der Waals surface area contributed by atoms with Crippen molar-refractivity contribution in [2.45, 2.75) is 6.92 Å². The van der Waals surface area contributed by atoms with Crippen LogP contribution >= 0.6 is 27.5 Å². The number of benzene rings is 1. The number of halogens is 3. The monoisotopic (exact) mass is 273 g/mol. The number of fused-ring (bicyclic) bond motifs is 1. The summed E-state index contributed by atoms with van der Waals surface area (Å²) < 4.78 is 14.0. The standard InChI is InChI=1S/C10H6BrClFN/c1-5-2-3-7(13)10-8(5)9(12)6(11)4-14-10/h2-4H,1H3. The van der Waals surface area contributed by atoms with Crippen LogP contribution in [-0.4, -0.2) is 4.98 Å². The van der Waals surface area contributed by atoms with Crippen molar-refractivity contribution in [2.24, 2.45) is 0 Å². The molecular weight excluding hydrogens is 268 g/mol. The lowest BCUT2D eigenvalue weighted by Gasteiger charge is -2.05. The molecule has 0 radical (unpaired) electrons. The molecule has 1 heterocycles. The van der Waals surface area contributed by atoms with E-state index < -0.39 is 0 Å². The number of aromatic nitrogens is 1. The SMILES string of the molecule is Cc1ccc(F)c2ncc(Br)c(Cl)c12. The molecule has 0 aliphatic rings. The summed E-state index contributed by atoms with van der Waals surface area (Å²) in [6.07, 6.45) is 1.51. The predicted molar refractivity (Wildman–Crippen MR) is 59.1 cm³/mol. The van der Waals surface area contributed by atoms with E-state index in [1.807, 2.05) is 6.92 Å². The fraction of sp³-hybridized carbons (Fsp3) is 0.100. The summed E-state index contributed by atoms with van der Waals surface area (Å²) in [6.45, 7) is 1.88. The molecule has 0 N–H and O–H groups in total. The van der Waals surface area contributed by atoms with Crippen molar-refractivity contribution in [1.29, 1.82) is 0 Å². The van der Waals surface area contributed by atoms with Crippen LogP contribution in [-0.2, 0) is 0 Å². The van der Waals surface area contributed by atoms with Crippen molar-refractivity contribution < 1.29 is 4.39 Å². The third kappa shape index (κ3) is 1.41. The fourth-order valence-electron chi connectivity index (χ4n) is 1.37. The highest BCUT2D eigenvalue weighted by molar-refractivity contribution is 9.10. The molecule has 0 spiro atoms. The summed E-state index contributed by atoms with van der Waals surface area (Å²) >= 11 is 9.31. The molecule has 0 amide bonds. The maximum absolute atomic E-state index is 13.3. The summed E-state index contributed by atoms with van der Waals surface area (Å²) in [6, 6.07) is 3.09. The van der Waals surface area contributed by atoms with Gasteiger partial charge in [0, 0.05) is 11.6 Å². The van der Waals surface area contributed by atoms with Crippen LogP contribution in [0, 0.1) is 12.7 Å². The Morgan fingerprint density at radius 2 is 2.14 bits per heavy atom. The van der Waals surface area contributed by atoms with E-state index in [0.29, 0.717) is 20.4 Å². The van der Waals surface area contributed by atoms with Gasteiger partial charge in [0.25, 0.3) is 0 Å². The van der Waals surface area contributed by atoms with Gasteiger partial charge in [0.2, 0.25) is 0 Å². The third-order valence-electron chi connectivity index (χ3n) is 2.07. The van der Waals surface area contributed by atoms with Gasteiger partial charge < -0.3 is 0 Å². The molecule has 2 aromatic rings. The molecule has 1 nitrogen and oxygen atoms in total. The quantitative estimate of drug-likeness (QED) is 0.705. The van der Waals surface area contributed by atoms with Crippen LogP contribution in [0.4, 0.5) is 4.39 Å². The average molecular weight is 275 g/mol. The zero-order valence-corrected chi connectivity index (χ0v) is 9.66. The number of pyridine rings is 1. The molecule has 0 bridgehead atoms. The van der Waals surface area contributed by atoms with E-state index in [-0.39, 0.29) is 5.82 Å². The van der Waals surface area contributed by atoms with Crippen LogP contribution in [0.1, 0.15) is 5.56 Å². The van der Waals surface area contributed by atoms with Crippen molar-refractivity contribution >= 4 is 38.4 Å². The topological polar surface area (TPSA) is 12.9 Å². The zero-order chi connectivity index (χ0) is 10.3. The van der Waals surface area contributed by atoms with Crippen molar-refractivity contribution in [3.63, 3.8) is 0 Å². The minimum Gasteiger partial charge on any atom is -0.252 e.